The zero-order valence-corrected chi connectivity index (χ0v) is 8.10. The van der Waals surface area contributed by atoms with E-state index < -0.39 is 0 Å². The van der Waals surface area contributed by atoms with Crippen LogP contribution in [-0.2, 0) is 0 Å². The molecule has 3 aromatic rings. The lowest BCUT2D eigenvalue weighted by molar-refractivity contribution is 1.43. The maximum atomic E-state index is 11.6. The predicted molar refractivity (Wildman–Crippen MR) is 60.0 cm³/mol. The van der Waals surface area contributed by atoms with Gasteiger partial charge in [-0.1, -0.05) is 6.07 Å². The number of hydrogen-bond acceptors (Lipinski definition) is 2. The molecule has 2 heterocycles. The fourth-order valence-electron chi connectivity index (χ4n) is 1.66. The van der Waals surface area contributed by atoms with Crippen LogP contribution in [0.1, 0.15) is 0 Å². The highest BCUT2D eigenvalue weighted by Crippen LogP contribution is 2.29. The van der Waals surface area contributed by atoms with E-state index in [1.54, 1.807) is 23.5 Å². The highest BCUT2D eigenvalue weighted by atomic mass is 32.1. The van der Waals surface area contributed by atoms with E-state index in [9.17, 15) is 4.79 Å². The zero-order valence-electron chi connectivity index (χ0n) is 7.28. The van der Waals surface area contributed by atoms with Crippen molar-refractivity contribution in [1.82, 2.24) is 4.98 Å². The SMILES string of the molecule is O=c1cccc2sc3ccc[nH]c3c12. The first-order valence-corrected chi connectivity index (χ1v) is 5.17. The van der Waals surface area contributed by atoms with Crippen LogP contribution in [0.15, 0.2) is 41.3 Å². The Kier molecular flexibility index (Phi) is 1.49. The first kappa shape index (κ1) is 7.76. The van der Waals surface area contributed by atoms with E-state index >= 15 is 0 Å². The smallest absolute Gasteiger partial charge is 0.189 e. The molecule has 0 aliphatic heterocycles. The van der Waals surface area contributed by atoms with Crippen LogP contribution in [0, 0.1) is 0 Å². The summed E-state index contributed by atoms with van der Waals surface area (Å²) in [6, 6.07) is 9.36. The van der Waals surface area contributed by atoms with Gasteiger partial charge in [-0.25, -0.2) is 0 Å². The van der Waals surface area contributed by atoms with Gasteiger partial charge in [-0.15, -0.1) is 11.3 Å². The lowest BCUT2D eigenvalue weighted by Crippen LogP contribution is -1.96. The lowest BCUT2D eigenvalue weighted by Gasteiger charge is -1.88. The molecule has 0 bridgehead atoms. The summed E-state index contributed by atoms with van der Waals surface area (Å²) in [4.78, 5) is 14.8. The molecule has 0 atom stereocenters. The molecule has 68 valence electrons. The van der Waals surface area contributed by atoms with Crippen molar-refractivity contribution in [3.8, 4) is 0 Å². The van der Waals surface area contributed by atoms with Crippen molar-refractivity contribution >= 4 is 31.6 Å². The molecule has 0 amide bonds. The summed E-state index contributed by atoms with van der Waals surface area (Å²) in [5, 5.41) is 0.813. The van der Waals surface area contributed by atoms with E-state index in [0.29, 0.717) is 0 Å². The van der Waals surface area contributed by atoms with Crippen LogP contribution in [0.3, 0.4) is 0 Å². The van der Waals surface area contributed by atoms with E-state index in [4.69, 9.17) is 0 Å². The summed E-state index contributed by atoms with van der Waals surface area (Å²) >= 11 is 1.64. The van der Waals surface area contributed by atoms with Gasteiger partial charge in [-0.3, -0.25) is 4.79 Å². The number of fused-ring (bicyclic) bond motifs is 3. The van der Waals surface area contributed by atoms with E-state index in [-0.39, 0.29) is 5.43 Å². The van der Waals surface area contributed by atoms with Crippen LogP contribution in [-0.4, -0.2) is 4.98 Å². The van der Waals surface area contributed by atoms with Crippen molar-refractivity contribution in [2.75, 3.05) is 0 Å². The van der Waals surface area contributed by atoms with E-state index in [2.05, 4.69) is 4.98 Å². The fourth-order valence-corrected chi connectivity index (χ4v) is 2.76. The largest absolute Gasteiger partial charge is 0.360 e. The lowest BCUT2D eigenvalue weighted by atomic mass is 10.2. The number of thiophene rings is 1. The summed E-state index contributed by atoms with van der Waals surface area (Å²) in [5.41, 5.74) is 1.05. The molecule has 3 heteroatoms. The highest BCUT2D eigenvalue weighted by molar-refractivity contribution is 7.25. The molecule has 3 rings (SSSR count). The van der Waals surface area contributed by atoms with Gasteiger partial charge in [0.2, 0.25) is 0 Å². The summed E-state index contributed by atoms with van der Waals surface area (Å²) in [7, 11) is 0. The minimum atomic E-state index is 0.0937. The first-order valence-electron chi connectivity index (χ1n) is 4.35. The summed E-state index contributed by atoms with van der Waals surface area (Å²) in [6.45, 7) is 0. The van der Waals surface area contributed by atoms with Gasteiger partial charge in [0.25, 0.3) is 0 Å². The molecular formula is C11H7NOS. The molecule has 0 saturated heterocycles. The number of nitrogens with one attached hydrogen (secondary N) is 1. The molecular weight excluding hydrogens is 194 g/mol. The molecule has 0 radical (unpaired) electrons. The second-order valence-electron chi connectivity index (χ2n) is 3.14. The van der Waals surface area contributed by atoms with Gasteiger partial charge in [0, 0.05) is 10.9 Å². The molecule has 0 aliphatic rings. The summed E-state index contributed by atoms with van der Waals surface area (Å²) < 4.78 is 2.18. The second kappa shape index (κ2) is 2.69. The summed E-state index contributed by atoms with van der Waals surface area (Å²) in [6.07, 6.45) is 1.85. The highest BCUT2D eigenvalue weighted by Gasteiger charge is 2.06. The Hall–Kier alpha value is -1.61. The van der Waals surface area contributed by atoms with Crippen molar-refractivity contribution in [2.24, 2.45) is 0 Å². The predicted octanol–water partition coefficient (Wildman–Crippen LogP) is 2.74. The number of hydrogen-bond donors (Lipinski definition) is 1. The third-order valence-corrected chi connectivity index (χ3v) is 3.40. The summed E-state index contributed by atoms with van der Waals surface area (Å²) in [5.74, 6) is 0. The third kappa shape index (κ3) is 0.930. The maximum absolute atomic E-state index is 11.6. The standard InChI is InChI=1S/C11H7NOS/c13-7-3-1-4-8-10(7)11-9(14-8)5-2-6-12-11/h1-6,12H. The third-order valence-electron chi connectivity index (χ3n) is 2.28. The molecule has 2 aromatic heterocycles. The van der Waals surface area contributed by atoms with Gasteiger partial charge < -0.3 is 4.98 Å². The Morgan fingerprint density at radius 2 is 1.93 bits per heavy atom. The molecule has 0 spiro atoms. The topological polar surface area (TPSA) is 32.9 Å². The van der Waals surface area contributed by atoms with Crippen molar-refractivity contribution in [3.63, 3.8) is 0 Å². The molecule has 0 saturated carbocycles. The van der Waals surface area contributed by atoms with E-state index in [0.717, 1.165) is 20.3 Å². The fraction of sp³-hybridized carbons (Fsp3) is 0. The van der Waals surface area contributed by atoms with Crippen LogP contribution in [0.25, 0.3) is 20.3 Å². The normalized spacial score (nSPS) is 11.1. The van der Waals surface area contributed by atoms with Crippen LogP contribution in [0.4, 0.5) is 0 Å². The van der Waals surface area contributed by atoms with Gasteiger partial charge >= 0.3 is 0 Å². The molecule has 0 fully saturated rings. The van der Waals surface area contributed by atoms with Crippen molar-refractivity contribution < 1.29 is 0 Å². The number of aromatic amines is 1. The van der Waals surface area contributed by atoms with Gasteiger partial charge in [0.1, 0.15) is 0 Å². The van der Waals surface area contributed by atoms with E-state index in [1.165, 1.54) is 0 Å². The quantitative estimate of drug-likeness (QED) is 0.596. The molecule has 0 unspecified atom stereocenters. The van der Waals surface area contributed by atoms with Crippen LogP contribution in [0.2, 0.25) is 0 Å². The number of pyridine rings is 1. The Balaban J connectivity index is 2.73. The minimum absolute atomic E-state index is 0.0937. The molecule has 14 heavy (non-hydrogen) atoms. The average Bonchev–Trinajstić information content (AvgIpc) is 2.57. The molecule has 1 N–H and O–H groups in total. The average molecular weight is 201 g/mol. The Bertz CT molecular complexity index is 665. The Morgan fingerprint density at radius 1 is 1.07 bits per heavy atom. The van der Waals surface area contributed by atoms with Gasteiger partial charge in [0.05, 0.1) is 15.6 Å². The Morgan fingerprint density at radius 3 is 2.86 bits per heavy atom. The minimum Gasteiger partial charge on any atom is -0.360 e. The van der Waals surface area contributed by atoms with Crippen LogP contribution in [0.5, 0.6) is 0 Å². The van der Waals surface area contributed by atoms with Gasteiger partial charge in [-0.05, 0) is 24.3 Å². The van der Waals surface area contributed by atoms with E-state index in [1.807, 2.05) is 24.4 Å². The van der Waals surface area contributed by atoms with Crippen molar-refractivity contribution in [1.29, 1.82) is 0 Å². The molecule has 1 aromatic carbocycles. The van der Waals surface area contributed by atoms with Crippen molar-refractivity contribution in [2.45, 2.75) is 0 Å². The van der Waals surface area contributed by atoms with Crippen LogP contribution < -0.4 is 5.43 Å². The number of rotatable bonds is 0. The molecule has 0 aliphatic carbocycles. The maximum Gasteiger partial charge on any atom is 0.189 e. The monoisotopic (exact) mass is 201 g/mol. The van der Waals surface area contributed by atoms with Gasteiger partial charge in [-0.2, -0.15) is 0 Å². The number of benzene rings is 1. The van der Waals surface area contributed by atoms with Crippen molar-refractivity contribution in [3.05, 3.63) is 46.8 Å². The number of aromatic nitrogens is 1. The first-order chi connectivity index (χ1) is 6.86. The van der Waals surface area contributed by atoms with Crippen LogP contribution >= 0.6 is 11.3 Å². The second-order valence-corrected chi connectivity index (χ2v) is 4.22. The van der Waals surface area contributed by atoms with Gasteiger partial charge in [0.15, 0.2) is 5.43 Å². The Labute approximate surface area is 83.8 Å². The molecule has 2 nitrogen and oxygen atoms in total. The zero-order chi connectivity index (χ0) is 9.54. The number of H-pyrrole nitrogens is 1.